The van der Waals surface area contributed by atoms with E-state index >= 15 is 0 Å². The SMILES string of the molecule is Cc1cccc(Cl)c1OP(=O)(Oc1c(C)cccc1Cl)Oc1c(C)cccc1Cl. The molecule has 4 nitrogen and oxygen atoms in total. The maximum atomic E-state index is 13.8. The van der Waals surface area contributed by atoms with Gasteiger partial charge in [0, 0.05) is 0 Å². The molecule has 0 saturated carbocycles. The molecule has 3 aromatic carbocycles. The van der Waals surface area contributed by atoms with Crippen molar-refractivity contribution < 1.29 is 18.1 Å². The normalized spacial score (nSPS) is 11.2. The predicted octanol–water partition coefficient (Wildman–Crippen LogP) is 8.22. The average Bonchev–Trinajstić information content (AvgIpc) is 2.65. The summed E-state index contributed by atoms with van der Waals surface area (Å²) in [5.74, 6) is 0.561. The highest BCUT2D eigenvalue weighted by atomic mass is 35.5. The number of hydrogen-bond acceptors (Lipinski definition) is 4. The minimum atomic E-state index is -4.30. The van der Waals surface area contributed by atoms with Crippen molar-refractivity contribution in [3.63, 3.8) is 0 Å². The smallest absolute Gasteiger partial charge is 0.384 e. The molecule has 29 heavy (non-hydrogen) atoms. The van der Waals surface area contributed by atoms with Crippen LogP contribution in [-0.4, -0.2) is 0 Å². The van der Waals surface area contributed by atoms with Crippen molar-refractivity contribution >= 4 is 42.6 Å². The fourth-order valence-electron chi connectivity index (χ4n) is 2.59. The number of rotatable bonds is 6. The van der Waals surface area contributed by atoms with Crippen molar-refractivity contribution in [3.05, 3.63) is 86.4 Å². The van der Waals surface area contributed by atoms with Crippen LogP contribution in [0, 0.1) is 20.8 Å². The molecule has 8 heteroatoms. The number of para-hydroxylation sites is 3. The molecule has 3 aromatic rings. The van der Waals surface area contributed by atoms with E-state index in [2.05, 4.69) is 0 Å². The van der Waals surface area contributed by atoms with Crippen LogP contribution in [0.1, 0.15) is 16.7 Å². The molecule has 0 radical (unpaired) electrons. The van der Waals surface area contributed by atoms with Crippen LogP contribution in [0.5, 0.6) is 17.2 Å². The number of aryl methyl sites for hydroxylation is 3. The van der Waals surface area contributed by atoms with Crippen molar-refractivity contribution in [2.75, 3.05) is 0 Å². The fraction of sp³-hybridized carbons (Fsp3) is 0.143. The number of halogens is 3. The summed E-state index contributed by atoms with van der Waals surface area (Å²) in [4.78, 5) is 0. The van der Waals surface area contributed by atoms with Crippen LogP contribution in [-0.2, 0) is 4.57 Å². The van der Waals surface area contributed by atoms with E-state index in [0.29, 0.717) is 16.7 Å². The first-order valence-corrected chi connectivity index (χ1v) is 11.2. The lowest BCUT2D eigenvalue weighted by molar-refractivity contribution is 0.296. The summed E-state index contributed by atoms with van der Waals surface area (Å²) in [7, 11) is -4.30. The number of phosphoric ester groups is 1. The van der Waals surface area contributed by atoms with Crippen LogP contribution in [0.15, 0.2) is 54.6 Å². The minimum absolute atomic E-state index is 0.187. The van der Waals surface area contributed by atoms with E-state index in [-0.39, 0.29) is 32.3 Å². The summed E-state index contributed by atoms with van der Waals surface area (Å²) in [5, 5.41) is 0.803. The maximum absolute atomic E-state index is 13.8. The molecule has 0 amide bonds. The number of hydrogen-bond donors (Lipinski definition) is 0. The molecule has 0 N–H and O–H groups in total. The summed E-state index contributed by atoms with van der Waals surface area (Å²) >= 11 is 18.8. The van der Waals surface area contributed by atoms with Gasteiger partial charge < -0.3 is 13.6 Å². The van der Waals surface area contributed by atoms with Crippen molar-refractivity contribution in [2.24, 2.45) is 0 Å². The Morgan fingerprint density at radius 1 is 0.586 bits per heavy atom. The molecule has 0 heterocycles. The fourth-order valence-corrected chi connectivity index (χ4v) is 5.04. The summed E-state index contributed by atoms with van der Waals surface area (Å²) in [6, 6.07) is 15.4. The Morgan fingerprint density at radius 2 is 0.862 bits per heavy atom. The molecule has 0 atom stereocenters. The van der Waals surface area contributed by atoms with Gasteiger partial charge in [0.15, 0.2) is 17.2 Å². The van der Waals surface area contributed by atoms with Crippen LogP contribution in [0.2, 0.25) is 15.1 Å². The molecule has 0 saturated heterocycles. The lowest BCUT2D eigenvalue weighted by atomic mass is 10.2. The largest absolute Gasteiger partial charge is 0.647 e. The lowest BCUT2D eigenvalue weighted by Gasteiger charge is -2.23. The third-order valence-electron chi connectivity index (χ3n) is 4.10. The van der Waals surface area contributed by atoms with Crippen LogP contribution >= 0.6 is 42.6 Å². The molecular formula is C21H18Cl3O4P. The van der Waals surface area contributed by atoms with Gasteiger partial charge in [0.05, 0.1) is 15.1 Å². The Hall–Kier alpha value is -1.84. The van der Waals surface area contributed by atoms with Gasteiger partial charge in [-0.25, -0.2) is 0 Å². The van der Waals surface area contributed by atoms with Crippen molar-refractivity contribution in [1.29, 1.82) is 0 Å². The van der Waals surface area contributed by atoms with Crippen molar-refractivity contribution in [2.45, 2.75) is 20.8 Å². The Balaban J connectivity index is 2.09. The van der Waals surface area contributed by atoms with Crippen LogP contribution in [0.4, 0.5) is 0 Å². The molecule has 152 valence electrons. The third-order valence-corrected chi connectivity index (χ3v) is 6.21. The zero-order chi connectivity index (χ0) is 21.2. The highest BCUT2D eigenvalue weighted by Gasteiger charge is 2.37. The van der Waals surface area contributed by atoms with E-state index in [1.807, 2.05) is 0 Å². The van der Waals surface area contributed by atoms with E-state index in [4.69, 9.17) is 48.4 Å². The topological polar surface area (TPSA) is 44.8 Å². The Morgan fingerprint density at radius 3 is 1.10 bits per heavy atom. The summed E-state index contributed by atoms with van der Waals surface area (Å²) < 4.78 is 31.1. The lowest BCUT2D eigenvalue weighted by Crippen LogP contribution is -2.10. The van der Waals surface area contributed by atoms with E-state index < -0.39 is 7.82 Å². The zero-order valence-electron chi connectivity index (χ0n) is 15.9. The second-order valence-corrected chi connectivity index (χ2v) is 9.04. The second kappa shape index (κ2) is 8.89. The van der Waals surface area contributed by atoms with Gasteiger partial charge in [0.25, 0.3) is 0 Å². The molecule has 0 spiro atoms. The quantitative estimate of drug-likeness (QED) is 0.340. The molecule has 0 aliphatic rings. The predicted molar refractivity (Wildman–Crippen MR) is 118 cm³/mol. The summed E-state index contributed by atoms with van der Waals surface area (Å²) in [6.45, 7) is 5.31. The highest BCUT2D eigenvalue weighted by molar-refractivity contribution is 7.49. The Labute approximate surface area is 184 Å². The molecule has 0 aliphatic heterocycles. The maximum Gasteiger partial charge on any atom is 0.647 e. The van der Waals surface area contributed by atoms with Gasteiger partial charge in [-0.2, -0.15) is 4.57 Å². The molecule has 0 aromatic heterocycles. The standard InChI is InChI=1S/C21H18Cl3O4P/c1-13-7-4-10-16(22)19(13)26-29(25,27-20-14(2)8-5-11-17(20)23)28-21-15(3)9-6-12-18(21)24/h4-12H,1-3H3. The first-order chi connectivity index (χ1) is 13.7. The first kappa shape index (κ1) is 21.9. The van der Waals surface area contributed by atoms with Crippen LogP contribution < -0.4 is 13.6 Å². The molecule has 0 bridgehead atoms. The van der Waals surface area contributed by atoms with E-state index in [0.717, 1.165) is 0 Å². The van der Waals surface area contributed by atoms with Crippen molar-refractivity contribution in [3.8, 4) is 17.2 Å². The molecular weight excluding hydrogens is 454 g/mol. The van der Waals surface area contributed by atoms with Gasteiger partial charge in [0.2, 0.25) is 0 Å². The first-order valence-electron chi connectivity index (χ1n) is 8.64. The zero-order valence-corrected chi connectivity index (χ0v) is 19.1. The van der Waals surface area contributed by atoms with Gasteiger partial charge >= 0.3 is 7.82 Å². The number of benzene rings is 3. The number of phosphoric acid groups is 1. The van der Waals surface area contributed by atoms with Gasteiger partial charge in [0.1, 0.15) is 0 Å². The van der Waals surface area contributed by atoms with Gasteiger partial charge in [-0.1, -0.05) is 71.2 Å². The van der Waals surface area contributed by atoms with Gasteiger partial charge in [-0.3, -0.25) is 0 Å². The van der Waals surface area contributed by atoms with Crippen LogP contribution in [0.3, 0.4) is 0 Å². The average molecular weight is 472 g/mol. The van der Waals surface area contributed by atoms with Crippen molar-refractivity contribution in [1.82, 2.24) is 0 Å². The summed E-state index contributed by atoms with van der Waals surface area (Å²) in [6.07, 6.45) is 0. The third kappa shape index (κ3) is 5.02. The molecule has 3 rings (SSSR count). The van der Waals surface area contributed by atoms with Gasteiger partial charge in [-0.05, 0) is 55.7 Å². The molecule has 0 fully saturated rings. The summed E-state index contributed by atoms with van der Waals surface area (Å²) in [5.41, 5.74) is 1.99. The second-order valence-electron chi connectivity index (χ2n) is 6.38. The molecule has 0 unspecified atom stereocenters. The monoisotopic (exact) mass is 470 g/mol. The minimum Gasteiger partial charge on any atom is -0.384 e. The molecule has 0 aliphatic carbocycles. The van der Waals surface area contributed by atoms with Gasteiger partial charge in [-0.15, -0.1) is 0 Å². The van der Waals surface area contributed by atoms with Crippen LogP contribution in [0.25, 0.3) is 0 Å². The Kier molecular flexibility index (Phi) is 6.70. The Bertz CT molecular complexity index is 904. The van der Waals surface area contributed by atoms with E-state index in [9.17, 15) is 4.57 Å². The van der Waals surface area contributed by atoms with E-state index in [1.54, 1.807) is 75.4 Å². The highest BCUT2D eigenvalue weighted by Crippen LogP contribution is 2.54. The van der Waals surface area contributed by atoms with E-state index in [1.165, 1.54) is 0 Å².